The maximum absolute atomic E-state index is 11.0. The maximum atomic E-state index is 11.0. The molecule has 3 rings (SSSR count). The van der Waals surface area contributed by atoms with Crippen molar-refractivity contribution in [3.63, 3.8) is 0 Å². The van der Waals surface area contributed by atoms with Crippen molar-refractivity contribution in [1.82, 2.24) is 9.38 Å². The average molecular weight is 238 g/mol. The lowest BCUT2D eigenvalue weighted by Crippen LogP contribution is -1.91. The number of fused-ring (bicyclic) bond motifs is 1. The van der Waals surface area contributed by atoms with Crippen LogP contribution in [0.2, 0.25) is 0 Å². The minimum absolute atomic E-state index is 0.666. The van der Waals surface area contributed by atoms with E-state index in [1.165, 1.54) is 11.1 Å². The van der Waals surface area contributed by atoms with Gasteiger partial charge in [0, 0.05) is 23.5 Å². The standard InChI is InChI=1S/C15H14N2O/c1-10-7-16-15(11(10)2)12-6-13-4-3-5-14(9-18)17(13)8-12/h3-9,16H,1-2H3. The Bertz CT molecular complexity index is 734. The Labute approximate surface area is 105 Å². The molecule has 18 heavy (non-hydrogen) atoms. The summed E-state index contributed by atoms with van der Waals surface area (Å²) in [5.41, 5.74) is 6.42. The molecule has 0 spiro atoms. The van der Waals surface area contributed by atoms with Gasteiger partial charge in [-0.25, -0.2) is 0 Å². The van der Waals surface area contributed by atoms with Crippen molar-refractivity contribution < 1.29 is 4.79 Å². The zero-order chi connectivity index (χ0) is 12.7. The molecule has 0 fully saturated rings. The van der Waals surface area contributed by atoms with Crippen LogP contribution in [0.15, 0.2) is 36.7 Å². The van der Waals surface area contributed by atoms with Gasteiger partial charge in [-0.15, -0.1) is 0 Å². The summed E-state index contributed by atoms with van der Waals surface area (Å²) in [6.07, 6.45) is 4.88. The predicted molar refractivity (Wildman–Crippen MR) is 72.0 cm³/mol. The van der Waals surface area contributed by atoms with E-state index in [-0.39, 0.29) is 0 Å². The summed E-state index contributed by atoms with van der Waals surface area (Å²) in [6, 6.07) is 7.80. The highest BCUT2D eigenvalue weighted by atomic mass is 16.1. The van der Waals surface area contributed by atoms with Gasteiger partial charge in [-0.3, -0.25) is 4.79 Å². The number of pyridine rings is 1. The molecular weight excluding hydrogens is 224 g/mol. The topological polar surface area (TPSA) is 37.3 Å². The molecule has 0 atom stereocenters. The van der Waals surface area contributed by atoms with Crippen molar-refractivity contribution >= 4 is 11.8 Å². The number of carbonyl (C=O) groups is 1. The monoisotopic (exact) mass is 238 g/mol. The fourth-order valence-corrected chi connectivity index (χ4v) is 2.28. The number of aryl methyl sites for hydroxylation is 1. The molecule has 0 unspecified atom stereocenters. The van der Waals surface area contributed by atoms with Crippen LogP contribution < -0.4 is 0 Å². The van der Waals surface area contributed by atoms with E-state index in [0.717, 1.165) is 23.1 Å². The SMILES string of the molecule is Cc1c[nH]c(-c2cc3cccc(C=O)n3c2)c1C. The van der Waals surface area contributed by atoms with E-state index in [1.807, 2.05) is 35.0 Å². The Balaban J connectivity index is 2.25. The van der Waals surface area contributed by atoms with Crippen LogP contribution in [-0.2, 0) is 0 Å². The third kappa shape index (κ3) is 1.48. The van der Waals surface area contributed by atoms with Gasteiger partial charge in [0.2, 0.25) is 0 Å². The molecule has 90 valence electrons. The first kappa shape index (κ1) is 10.8. The van der Waals surface area contributed by atoms with Crippen LogP contribution >= 0.6 is 0 Å². The summed E-state index contributed by atoms with van der Waals surface area (Å²) in [6.45, 7) is 4.19. The number of nitrogens with zero attached hydrogens (tertiary/aromatic N) is 1. The Morgan fingerprint density at radius 1 is 1.28 bits per heavy atom. The number of hydrogen-bond donors (Lipinski definition) is 1. The smallest absolute Gasteiger partial charge is 0.166 e. The number of carbonyl (C=O) groups excluding carboxylic acids is 1. The molecule has 3 heteroatoms. The number of aromatic nitrogens is 2. The van der Waals surface area contributed by atoms with Crippen molar-refractivity contribution in [2.24, 2.45) is 0 Å². The largest absolute Gasteiger partial charge is 0.361 e. The van der Waals surface area contributed by atoms with Crippen molar-refractivity contribution in [3.05, 3.63) is 53.5 Å². The summed E-state index contributed by atoms with van der Waals surface area (Å²) in [4.78, 5) is 14.3. The molecule has 3 aromatic heterocycles. The Kier molecular flexibility index (Phi) is 2.33. The lowest BCUT2D eigenvalue weighted by Gasteiger charge is -1.97. The highest BCUT2D eigenvalue weighted by Gasteiger charge is 2.09. The molecule has 0 aliphatic carbocycles. The van der Waals surface area contributed by atoms with Gasteiger partial charge in [0.15, 0.2) is 6.29 Å². The van der Waals surface area contributed by atoms with E-state index in [4.69, 9.17) is 0 Å². The van der Waals surface area contributed by atoms with Crippen LogP contribution in [0.5, 0.6) is 0 Å². The molecule has 3 heterocycles. The molecule has 1 N–H and O–H groups in total. The van der Waals surface area contributed by atoms with Crippen LogP contribution in [0.4, 0.5) is 0 Å². The Morgan fingerprint density at radius 2 is 2.11 bits per heavy atom. The van der Waals surface area contributed by atoms with E-state index in [9.17, 15) is 4.79 Å². The molecule has 0 radical (unpaired) electrons. The molecule has 0 saturated carbocycles. The van der Waals surface area contributed by atoms with Gasteiger partial charge in [0.05, 0.1) is 11.4 Å². The van der Waals surface area contributed by atoms with Crippen LogP contribution in [0, 0.1) is 13.8 Å². The molecule has 3 aromatic rings. The highest BCUT2D eigenvalue weighted by molar-refractivity contribution is 5.78. The third-order valence-electron chi connectivity index (χ3n) is 3.47. The first-order valence-corrected chi connectivity index (χ1v) is 5.92. The number of aromatic amines is 1. The number of hydrogen-bond acceptors (Lipinski definition) is 1. The molecule has 0 aromatic carbocycles. The molecule has 0 aliphatic rings. The van der Waals surface area contributed by atoms with Gasteiger partial charge in [0.1, 0.15) is 0 Å². The Hall–Kier alpha value is -2.29. The molecule has 0 bridgehead atoms. The zero-order valence-corrected chi connectivity index (χ0v) is 10.4. The number of nitrogens with one attached hydrogen (secondary N) is 1. The van der Waals surface area contributed by atoms with E-state index in [2.05, 4.69) is 24.9 Å². The quantitative estimate of drug-likeness (QED) is 0.683. The molecular formula is C15H14N2O. The van der Waals surface area contributed by atoms with Gasteiger partial charge in [-0.2, -0.15) is 0 Å². The zero-order valence-electron chi connectivity index (χ0n) is 10.4. The minimum Gasteiger partial charge on any atom is -0.361 e. The van der Waals surface area contributed by atoms with E-state index >= 15 is 0 Å². The summed E-state index contributed by atoms with van der Waals surface area (Å²) < 4.78 is 1.91. The minimum atomic E-state index is 0.666. The molecule has 0 saturated heterocycles. The summed E-state index contributed by atoms with van der Waals surface area (Å²) in [5, 5.41) is 0. The second kappa shape index (κ2) is 3.88. The van der Waals surface area contributed by atoms with Gasteiger partial charge < -0.3 is 9.38 Å². The van der Waals surface area contributed by atoms with E-state index < -0.39 is 0 Å². The molecule has 3 nitrogen and oxygen atoms in total. The van der Waals surface area contributed by atoms with E-state index in [0.29, 0.717) is 5.69 Å². The maximum Gasteiger partial charge on any atom is 0.166 e. The van der Waals surface area contributed by atoms with Gasteiger partial charge in [0.25, 0.3) is 0 Å². The fourth-order valence-electron chi connectivity index (χ4n) is 2.28. The van der Waals surface area contributed by atoms with Gasteiger partial charge in [-0.1, -0.05) is 6.07 Å². The highest BCUT2D eigenvalue weighted by Crippen LogP contribution is 2.26. The van der Waals surface area contributed by atoms with E-state index in [1.54, 1.807) is 0 Å². The first-order chi connectivity index (χ1) is 8.70. The number of rotatable bonds is 2. The molecule has 0 amide bonds. The van der Waals surface area contributed by atoms with Crippen molar-refractivity contribution in [2.75, 3.05) is 0 Å². The fraction of sp³-hybridized carbons (Fsp3) is 0.133. The summed E-state index contributed by atoms with van der Waals surface area (Å²) in [5.74, 6) is 0. The van der Waals surface area contributed by atoms with Crippen molar-refractivity contribution in [1.29, 1.82) is 0 Å². The van der Waals surface area contributed by atoms with Crippen LogP contribution in [0.1, 0.15) is 21.6 Å². The number of aldehydes is 1. The van der Waals surface area contributed by atoms with Gasteiger partial charge >= 0.3 is 0 Å². The van der Waals surface area contributed by atoms with Crippen molar-refractivity contribution in [3.8, 4) is 11.3 Å². The molecule has 0 aliphatic heterocycles. The Morgan fingerprint density at radius 3 is 2.78 bits per heavy atom. The van der Waals surface area contributed by atoms with Crippen LogP contribution in [0.3, 0.4) is 0 Å². The van der Waals surface area contributed by atoms with Crippen LogP contribution in [0.25, 0.3) is 16.8 Å². The third-order valence-corrected chi connectivity index (χ3v) is 3.47. The summed E-state index contributed by atoms with van der Waals surface area (Å²) in [7, 11) is 0. The number of H-pyrrole nitrogens is 1. The van der Waals surface area contributed by atoms with Crippen LogP contribution in [-0.4, -0.2) is 15.7 Å². The normalized spacial score (nSPS) is 11.0. The van der Waals surface area contributed by atoms with Gasteiger partial charge in [-0.05, 0) is 43.2 Å². The lowest BCUT2D eigenvalue weighted by molar-refractivity contribution is 0.111. The first-order valence-electron chi connectivity index (χ1n) is 5.92. The average Bonchev–Trinajstić information content (AvgIpc) is 2.94. The second-order valence-corrected chi connectivity index (χ2v) is 4.56. The van der Waals surface area contributed by atoms with Crippen molar-refractivity contribution in [2.45, 2.75) is 13.8 Å². The second-order valence-electron chi connectivity index (χ2n) is 4.56. The summed E-state index contributed by atoms with van der Waals surface area (Å²) >= 11 is 0. The lowest BCUT2D eigenvalue weighted by atomic mass is 10.1. The predicted octanol–water partition coefficient (Wildman–Crippen LogP) is 3.36.